The Bertz CT molecular complexity index is 1720. The van der Waals surface area contributed by atoms with Crippen molar-refractivity contribution in [3.8, 4) is 0 Å². The van der Waals surface area contributed by atoms with Gasteiger partial charge < -0.3 is 14.8 Å². The molecule has 3 aromatic carbocycles. The molecule has 0 spiro atoms. The molecule has 0 aliphatic carbocycles. The van der Waals surface area contributed by atoms with Crippen molar-refractivity contribution in [3.63, 3.8) is 0 Å². The summed E-state index contributed by atoms with van der Waals surface area (Å²) in [6, 6.07) is 22.8. The van der Waals surface area contributed by atoms with Crippen LogP contribution in [0.15, 0.2) is 83.7 Å². The van der Waals surface area contributed by atoms with Gasteiger partial charge in [-0.05, 0) is 42.7 Å². The number of nitrogens with one attached hydrogen (secondary N) is 2. The highest BCUT2D eigenvalue weighted by Crippen LogP contribution is 2.30. The molecule has 11 nitrogen and oxygen atoms in total. The van der Waals surface area contributed by atoms with E-state index in [1.807, 2.05) is 36.4 Å². The lowest BCUT2D eigenvalue weighted by Gasteiger charge is -2.35. The summed E-state index contributed by atoms with van der Waals surface area (Å²) in [6.07, 6.45) is -0.469. The monoisotopic (exact) mass is 568 g/mol. The Labute approximate surface area is 240 Å². The van der Waals surface area contributed by atoms with E-state index in [-0.39, 0.29) is 43.9 Å². The molecule has 1 saturated heterocycles. The first-order valence-electron chi connectivity index (χ1n) is 13.3. The Balaban J connectivity index is 1.44. The van der Waals surface area contributed by atoms with Gasteiger partial charge in [0, 0.05) is 12.1 Å². The van der Waals surface area contributed by atoms with Gasteiger partial charge in [-0.15, -0.1) is 0 Å². The normalized spacial score (nSPS) is 16.6. The van der Waals surface area contributed by atoms with Crippen LogP contribution in [0.1, 0.15) is 29.8 Å². The van der Waals surface area contributed by atoms with Gasteiger partial charge in [0.2, 0.25) is 17.4 Å². The molecule has 1 aromatic heterocycles. The number of aryl methyl sites for hydroxylation is 1. The number of carbonyl (C=O) groups is 4. The minimum Gasteiger partial charge on any atom is -0.459 e. The molecule has 11 heteroatoms. The number of anilines is 1. The van der Waals surface area contributed by atoms with Gasteiger partial charge in [-0.25, -0.2) is 9.78 Å². The second-order valence-electron chi connectivity index (χ2n) is 9.86. The number of aromatic nitrogens is 2. The smallest absolute Gasteiger partial charge is 0.342 e. The number of nitrogens with zero attached hydrogens (tertiary/aromatic N) is 2. The molecule has 42 heavy (non-hydrogen) atoms. The minimum absolute atomic E-state index is 0.0588. The Morgan fingerprint density at radius 1 is 0.952 bits per heavy atom. The number of imide groups is 1. The Hall–Kier alpha value is -5.16. The van der Waals surface area contributed by atoms with Crippen molar-refractivity contribution in [2.45, 2.75) is 38.5 Å². The van der Waals surface area contributed by atoms with Crippen LogP contribution in [0.4, 0.5) is 5.69 Å². The first-order chi connectivity index (χ1) is 20.3. The molecule has 2 heterocycles. The predicted octanol–water partition coefficient (Wildman–Crippen LogP) is 2.74. The number of esters is 1. The van der Waals surface area contributed by atoms with E-state index in [0.717, 1.165) is 10.1 Å². The van der Waals surface area contributed by atoms with Gasteiger partial charge in [0.25, 0.3) is 11.5 Å². The molecule has 0 bridgehead atoms. The van der Waals surface area contributed by atoms with Crippen molar-refractivity contribution in [2.24, 2.45) is 0 Å². The van der Waals surface area contributed by atoms with Gasteiger partial charge in [-0.3, -0.25) is 29.1 Å². The largest absolute Gasteiger partial charge is 0.459 e. The average Bonchev–Trinajstić information content (AvgIpc) is 2.98. The maximum Gasteiger partial charge on any atom is 0.342 e. The molecule has 1 atom stereocenters. The van der Waals surface area contributed by atoms with Gasteiger partial charge in [-0.1, -0.05) is 60.7 Å². The summed E-state index contributed by atoms with van der Waals surface area (Å²) in [6.45, 7) is 1.40. The summed E-state index contributed by atoms with van der Waals surface area (Å²) >= 11 is 0. The van der Waals surface area contributed by atoms with Crippen LogP contribution >= 0.6 is 0 Å². The number of piperidine rings is 1. The van der Waals surface area contributed by atoms with Gasteiger partial charge in [-0.2, -0.15) is 0 Å². The highest BCUT2D eigenvalue weighted by Gasteiger charge is 2.54. The van der Waals surface area contributed by atoms with Crippen molar-refractivity contribution < 1.29 is 28.7 Å². The fraction of sp³-hybridized carbons (Fsp3) is 0.226. The fourth-order valence-electron chi connectivity index (χ4n) is 4.90. The van der Waals surface area contributed by atoms with E-state index in [4.69, 9.17) is 9.47 Å². The number of carbonyl (C=O) groups excluding carboxylic acids is 4. The molecule has 1 aliphatic rings. The second-order valence-corrected chi connectivity index (χ2v) is 9.86. The number of amides is 3. The number of rotatable bonds is 9. The lowest BCUT2D eigenvalue weighted by Crippen LogP contribution is -2.62. The van der Waals surface area contributed by atoms with E-state index < -0.39 is 34.8 Å². The highest BCUT2D eigenvalue weighted by atomic mass is 16.5. The van der Waals surface area contributed by atoms with E-state index in [9.17, 15) is 24.0 Å². The van der Waals surface area contributed by atoms with Crippen LogP contribution in [-0.2, 0) is 47.4 Å². The fourth-order valence-corrected chi connectivity index (χ4v) is 4.90. The van der Waals surface area contributed by atoms with Crippen LogP contribution < -0.4 is 16.2 Å². The van der Waals surface area contributed by atoms with Crippen LogP contribution in [0.3, 0.4) is 0 Å². The average molecular weight is 569 g/mol. The van der Waals surface area contributed by atoms with E-state index >= 15 is 0 Å². The molecule has 0 unspecified atom stereocenters. The van der Waals surface area contributed by atoms with Gasteiger partial charge >= 0.3 is 5.97 Å². The lowest BCUT2D eigenvalue weighted by molar-refractivity contribution is -0.164. The summed E-state index contributed by atoms with van der Waals surface area (Å²) in [5.74, 6) is -2.87. The van der Waals surface area contributed by atoms with E-state index in [0.29, 0.717) is 16.8 Å². The molecule has 1 aliphatic heterocycles. The summed E-state index contributed by atoms with van der Waals surface area (Å²) in [5, 5.41) is 4.93. The van der Waals surface area contributed by atoms with Gasteiger partial charge in [0.05, 0.1) is 17.5 Å². The Morgan fingerprint density at radius 2 is 1.62 bits per heavy atom. The van der Waals surface area contributed by atoms with E-state index in [1.165, 1.54) is 13.0 Å². The number of ether oxygens (including phenoxy) is 2. The molecular weight excluding hydrogens is 540 g/mol. The maximum absolute atomic E-state index is 13.9. The van der Waals surface area contributed by atoms with Crippen LogP contribution in [-0.4, -0.2) is 39.8 Å². The molecule has 3 amide bonds. The third-order valence-corrected chi connectivity index (χ3v) is 6.94. The van der Waals surface area contributed by atoms with Crippen molar-refractivity contribution >= 4 is 40.3 Å². The quantitative estimate of drug-likeness (QED) is 0.178. The van der Waals surface area contributed by atoms with Crippen molar-refractivity contribution in [1.29, 1.82) is 0 Å². The van der Waals surface area contributed by atoms with Crippen molar-refractivity contribution in [3.05, 3.63) is 106 Å². The predicted molar refractivity (Wildman–Crippen MR) is 152 cm³/mol. The maximum atomic E-state index is 13.9. The molecule has 0 radical (unpaired) electrons. The number of benzene rings is 3. The third-order valence-electron chi connectivity index (χ3n) is 6.94. The highest BCUT2D eigenvalue weighted by molar-refractivity contribution is 6.13. The van der Waals surface area contributed by atoms with E-state index in [1.54, 1.807) is 36.4 Å². The van der Waals surface area contributed by atoms with Crippen LogP contribution in [0.5, 0.6) is 0 Å². The molecule has 1 fully saturated rings. The number of hydrogen-bond donors (Lipinski definition) is 2. The first-order valence-corrected chi connectivity index (χ1v) is 13.3. The van der Waals surface area contributed by atoms with Crippen LogP contribution in [0.25, 0.3) is 10.9 Å². The molecule has 0 saturated carbocycles. The van der Waals surface area contributed by atoms with Crippen molar-refractivity contribution in [2.75, 3.05) is 11.9 Å². The molecule has 4 aromatic rings. The summed E-state index contributed by atoms with van der Waals surface area (Å²) in [5.41, 5.74) is -0.656. The number of hydrogen-bond acceptors (Lipinski definition) is 8. The van der Waals surface area contributed by atoms with Crippen molar-refractivity contribution in [1.82, 2.24) is 14.9 Å². The summed E-state index contributed by atoms with van der Waals surface area (Å²) < 4.78 is 12.0. The first kappa shape index (κ1) is 28.4. The van der Waals surface area contributed by atoms with E-state index in [2.05, 4.69) is 15.6 Å². The second kappa shape index (κ2) is 12.1. The lowest BCUT2D eigenvalue weighted by atomic mass is 9.87. The Kier molecular flexibility index (Phi) is 8.21. The SMILES string of the molecule is Cc1nc2ccc(NC(=O)COCc3ccccc3)cc2c(=O)n1[C@]1(C(=O)OCc2ccccc2)CCC(=O)NC1=O. The third kappa shape index (κ3) is 5.81. The topological polar surface area (TPSA) is 146 Å². The standard InChI is InChI=1S/C31H28N4O7/c1-20-32-25-13-12-23(33-27(37)19-41-17-21-8-4-2-5-9-21)16-24(25)28(38)35(20)31(15-14-26(36)34-29(31)39)30(40)42-18-22-10-6-3-7-11-22/h2-13,16H,14-15,17-19H2,1H3,(H,33,37)(H,34,36,39)/t31-/m1/s1. The summed E-state index contributed by atoms with van der Waals surface area (Å²) in [7, 11) is 0. The summed E-state index contributed by atoms with van der Waals surface area (Å²) in [4.78, 5) is 69.9. The zero-order chi connectivity index (χ0) is 29.7. The minimum atomic E-state index is -2.16. The molecular formula is C31H28N4O7. The zero-order valence-electron chi connectivity index (χ0n) is 22.8. The van der Waals surface area contributed by atoms with Gasteiger partial charge in [0.15, 0.2) is 0 Å². The van der Waals surface area contributed by atoms with Crippen LogP contribution in [0, 0.1) is 6.92 Å². The molecule has 214 valence electrons. The Morgan fingerprint density at radius 3 is 2.29 bits per heavy atom. The van der Waals surface area contributed by atoms with Gasteiger partial charge in [0.1, 0.15) is 19.0 Å². The zero-order valence-corrected chi connectivity index (χ0v) is 22.8. The molecule has 5 rings (SSSR count). The number of fused-ring (bicyclic) bond motifs is 1. The molecule has 2 N–H and O–H groups in total. The van der Waals surface area contributed by atoms with Crippen LogP contribution in [0.2, 0.25) is 0 Å².